The van der Waals surface area contributed by atoms with Gasteiger partial charge in [-0.25, -0.2) is 0 Å². The lowest BCUT2D eigenvalue weighted by Crippen LogP contribution is -2.18. The molecule has 0 aromatic rings. The Morgan fingerprint density at radius 2 is 1.80 bits per heavy atom. The number of halogens is 1. The van der Waals surface area contributed by atoms with Crippen molar-refractivity contribution in [3.8, 4) is 0 Å². The van der Waals surface area contributed by atoms with Crippen molar-refractivity contribution < 1.29 is 0 Å². The zero-order valence-corrected chi connectivity index (χ0v) is 7.84. The maximum absolute atomic E-state index is 5.38. The number of hydrogen-bond acceptors (Lipinski definition) is 1. The third-order valence-corrected chi connectivity index (χ3v) is 1.00. The second kappa shape index (κ2) is 11.7. The number of thiocarbonyl (C=S) groups is 1. The summed E-state index contributed by atoms with van der Waals surface area (Å²) in [7, 11) is 0. The molecular formula is C6H15ClN2S. The average molecular weight is 183 g/mol. The molecule has 0 aliphatic heterocycles. The van der Waals surface area contributed by atoms with Gasteiger partial charge in [0.1, 0.15) is 0 Å². The fraction of sp³-hybridized carbons (Fsp3) is 0.833. The van der Waals surface area contributed by atoms with Gasteiger partial charge in [-0.3, -0.25) is 0 Å². The molecule has 0 bridgehead atoms. The van der Waals surface area contributed by atoms with E-state index in [4.69, 9.17) is 11.6 Å². The van der Waals surface area contributed by atoms with Crippen molar-refractivity contribution in [3.63, 3.8) is 0 Å². The molecule has 4 N–H and O–H groups in total. The first kappa shape index (κ1) is 12.6. The van der Waals surface area contributed by atoms with Crippen LogP contribution in [0.3, 0.4) is 0 Å². The Labute approximate surface area is 72.9 Å². The van der Waals surface area contributed by atoms with E-state index in [2.05, 4.69) is 30.6 Å². The van der Waals surface area contributed by atoms with Gasteiger partial charge in [0.15, 0.2) is 5.11 Å². The number of rotatable bonds is 3. The number of hydrogen-bond donors (Lipinski definition) is 2. The highest BCUT2D eigenvalue weighted by atomic mass is 35.5. The molecular weight excluding hydrogens is 168 g/mol. The van der Waals surface area contributed by atoms with Crippen molar-refractivity contribution in [1.82, 2.24) is 0 Å². The number of nitrogens with two attached hydrogens (primary N) is 2. The first-order valence-electron chi connectivity index (χ1n) is 3.26. The van der Waals surface area contributed by atoms with E-state index in [-0.39, 0.29) is 5.11 Å². The van der Waals surface area contributed by atoms with E-state index in [9.17, 15) is 0 Å². The fourth-order valence-corrected chi connectivity index (χ4v) is 0.533. The summed E-state index contributed by atoms with van der Waals surface area (Å²) in [5.41, 5.74) is 9.24. The molecule has 0 aromatic heterocycles. The van der Waals surface area contributed by atoms with Crippen LogP contribution in [0.15, 0.2) is 0 Å². The SMILES string of the molecule is CCCCCCl.NC(N)=S. The molecule has 0 aromatic carbocycles. The van der Waals surface area contributed by atoms with Crippen LogP contribution in [0.25, 0.3) is 0 Å². The van der Waals surface area contributed by atoms with Crippen LogP contribution in [0.1, 0.15) is 26.2 Å². The van der Waals surface area contributed by atoms with Gasteiger partial charge in [-0.05, 0) is 18.6 Å². The summed E-state index contributed by atoms with van der Waals surface area (Å²) in [5, 5.41) is 0.000000000000000222. The molecule has 4 heteroatoms. The maximum atomic E-state index is 5.38. The maximum Gasteiger partial charge on any atom is 0.160 e. The molecule has 2 nitrogen and oxygen atoms in total. The number of alkyl halides is 1. The van der Waals surface area contributed by atoms with E-state index < -0.39 is 0 Å². The summed E-state index contributed by atoms with van der Waals surface area (Å²) in [4.78, 5) is 0. The lowest BCUT2D eigenvalue weighted by Gasteiger charge is -1.84. The predicted molar refractivity (Wildman–Crippen MR) is 51.2 cm³/mol. The minimum atomic E-state index is 0.000000000000000222. The Morgan fingerprint density at radius 3 is 1.90 bits per heavy atom. The Balaban J connectivity index is 0. The van der Waals surface area contributed by atoms with Gasteiger partial charge in [0, 0.05) is 5.88 Å². The molecule has 0 spiro atoms. The fourth-order valence-electron chi connectivity index (χ4n) is 0.344. The van der Waals surface area contributed by atoms with Crippen molar-refractivity contribution >= 4 is 28.9 Å². The van der Waals surface area contributed by atoms with Crippen LogP contribution in [-0.4, -0.2) is 11.0 Å². The molecule has 0 fully saturated rings. The quantitative estimate of drug-likeness (QED) is 0.396. The largest absolute Gasteiger partial charge is 0.377 e. The molecule has 0 aliphatic rings. The first-order valence-corrected chi connectivity index (χ1v) is 4.20. The minimum Gasteiger partial charge on any atom is -0.377 e. The monoisotopic (exact) mass is 182 g/mol. The Kier molecular flexibility index (Phi) is 14.8. The Hall–Kier alpha value is -0.0200. The molecule has 62 valence electrons. The second-order valence-electron chi connectivity index (χ2n) is 1.80. The highest BCUT2D eigenvalue weighted by Crippen LogP contribution is 1.93. The van der Waals surface area contributed by atoms with Crippen LogP contribution in [0.2, 0.25) is 0 Å². The first-order chi connectivity index (χ1) is 4.65. The Morgan fingerprint density at radius 1 is 1.40 bits per heavy atom. The molecule has 0 heterocycles. The molecule has 0 radical (unpaired) electrons. The van der Waals surface area contributed by atoms with Crippen LogP contribution in [-0.2, 0) is 0 Å². The number of unbranched alkanes of at least 4 members (excludes halogenated alkanes) is 2. The molecule has 0 atom stereocenters. The molecule has 0 rings (SSSR count). The van der Waals surface area contributed by atoms with E-state index in [1.54, 1.807) is 0 Å². The van der Waals surface area contributed by atoms with Gasteiger partial charge in [-0.1, -0.05) is 19.8 Å². The third kappa shape index (κ3) is 43.8. The summed E-state index contributed by atoms with van der Waals surface area (Å²) in [5.74, 6) is 0.827. The smallest absolute Gasteiger partial charge is 0.160 e. The van der Waals surface area contributed by atoms with Crippen LogP contribution in [0.4, 0.5) is 0 Å². The highest BCUT2D eigenvalue weighted by molar-refractivity contribution is 7.80. The van der Waals surface area contributed by atoms with Crippen LogP contribution < -0.4 is 11.5 Å². The standard InChI is InChI=1S/C5H11Cl.CH4N2S/c1-2-3-4-5-6;2-1(3)4/h2-5H2,1H3;(H4,2,3,4). The molecule has 0 unspecified atom stereocenters. The van der Waals surface area contributed by atoms with Gasteiger partial charge in [-0.2, -0.15) is 0 Å². The molecule has 0 aliphatic carbocycles. The van der Waals surface area contributed by atoms with Gasteiger partial charge in [0.2, 0.25) is 0 Å². The van der Waals surface area contributed by atoms with Gasteiger partial charge >= 0.3 is 0 Å². The van der Waals surface area contributed by atoms with Crippen molar-refractivity contribution in [2.24, 2.45) is 11.5 Å². The average Bonchev–Trinajstić information content (AvgIpc) is 1.82. The lowest BCUT2D eigenvalue weighted by molar-refractivity contribution is 0.776. The summed E-state index contributed by atoms with van der Waals surface area (Å²) in [6, 6.07) is 0. The van der Waals surface area contributed by atoms with E-state index >= 15 is 0 Å². The molecule has 0 saturated heterocycles. The van der Waals surface area contributed by atoms with Crippen LogP contribution in [0, 0.1) is 0 Å². The molecule has 0 amide bonds. The summed E-state index contributed by atoms with van der Waals surface area (Å²) in [6.45, 7) is 2.17. The van der Waals surface area contributed by atoms with Crippen molar-refractivity contribution in [3.05, 3.63) is 0 Å². The van der Waals surface area contributed by atoms with Gasteiger partial charge < -0.3 is 11.5 Å². The minimum absolute atomic E-state index is 0.000000000000000222. The van der Waals surface area contributed by atoms with Crippen molar-refractivity contribution in [2.75, 3.05) is 5.88 Å². The predicted octanol–water partition coefficient (Wildman–Crippen LogP) is 1.60. The molecule has 10 heavy (non-hydrogen) atoms. The molecule has 0 saturated carbocycles. The van der Waals surface area contributed by atoms with E-state index in [0.29, 0.717) is 0 Å². The van der Waals surface area contributed by atoms with Gasteiger partial charge in [-0.15, -0.1) is 11.6 Å². The zero-order chi connectivity index (χ0) is 8.41. The zero-order valence-electron chi connectivity index (χ0n) is 6.27. The van der Waals surface area contributed by atoms with E-state index in [1.165, 1.54) is 19.3 Å². The lowest BCUT2D eigenvalue weighted by atomic mass is 10.3. The summed E-state index contributed by atoms with van der Waals surface area (Å²) < 4.78 is 0. The van der Waals surface area contributed by atoms with E-state index in [1.807, 2.05) is 0 Å². The van der Waals surface area contributed by atoms with Gasteiger partial charge in [0.25, 0.3) is 0 Å². The summed E-state index contributed by atoms with van der Waals surface area (Å²) in [6.07, 6.45) is 3.73. The highest BCUT2D eigenvalue weighted by Gasteiger charge is 1.76. The van der Waals surface area contributed by atoms with Crippen LogP contribution in [0.5, 0.6) is 0 Å². The third-order valence-electron chi connectivity index (χ3n) is 0.737. The van der Waals surface area contributed by atoms with Crippen molar-refractivity contribution in [1.29, 1.82) is 0 Å². The normalized spacial score (nSPS) is 7.80. The van der Waals surface area contributed by atoms with Crippen molar-refractivity contribution in [2.45, 2.75) is 26.2 Å². The van der Waals surface area contributed by atoms with E-state index in [0.717, 1.165) is 5.88 Å². The van der Waals surface area contributed by atoms with Crippen LogP contribution >= 0.6 is 23.8 Å². The Bertz CT molecular complexity index is 70.1. The summed E-state index contributed by atoms with van der Waals surface area (Å²) >= 11 is 9.47. The van der Waals surface area contributed by atoms with Gasteiger partial charge in [0.05, 0.1) is 0 Å². The topological polar surface area (TPSA) is 52.0 Å². The second-order valence-corrected chi connectivity index (χ2v) is 2.65.